The summed E-state index contributed by atoms with van der Waals surface area (Å²) in [5.41, 5.74) is 10.1. The highest BCUT2D eigenvalue weighted by molar-refractivity contribution is 5.85. The number of anilines is 1. The summed E-state index contributed by atoms with van der Waals surface area (Å²) in [5.74, 6) is 0.617. The molecule has 0 fully saturated rings. The third kappa shape index (κ3) is 3.30. The van der Waals surface area contributed by atoms with Crippen molar-refractivity contribution >= 4 is 17.0 Å². The van der Waals surface area contributed by atoms with Crippen molar-refractivity contribution in [3.63, 3.8) is 0 Å². The molecule has 0 spiro atoms. The van der Waals surface area contributed by atoms with Gasteiger partial charge in [0.15, 0.2) is 0 Å². The van der Waals surface area contributed by atoms with E-state index in [0.29, 0.717) is 42.2 Å². The molecule has 1 heterocycles. The zero-order valence-electron chi connectivity index (χ0n) is 14.7. The number of aromatic hydroxyl groups is 1. The molecule has 0 bridgehead atoms. The predicted molar refractivity (Wildman–Crippen MR) is 98.7 cm³/mol. The molecular weight excluding hydrogens is 319 g/mol. The van der Waals surface area contributed by atoms with Crippen LogP contribution in [0.5, 0.6) is 5.75 Å². The van der Waals surface area contributed by atoms with Crippen molar-refractivity contribution < 1.29 is 9.50 Å². The molecule has 6 heteroatoms. The number of nitrogens with zero attached hydrogens (tertiary/aromatic N) is 2. The lowest BCUT2D eigenvalue weighted by molar-refractivity contribution is 0.480. The maximum absolute atomic E-state index is 13.9. The number of hydrogen-bond acceptors (Lipinski definition) is 4. The topological polar surface area (TPSA) is 76.1 Å². The fourth-order valence-corrected chi connectivity index (χ4v) is 3.13. The van der Waals surface area contributed by atoms with E-state index < -0.39 is 0 Å². The molecule has 0 unspecified atom stereocenters. The summed E-state index contributed by atoms with van der Waals surface area (Å²) in [4.78, 5) is 4.52. The predicted octanol–water partition coefficient (Wildman–Crippen LogP) is 3.23. The van der Waals surface area contributed by atoms with Crippen molar-refractivity contribution in [2.24, 2.45) is 5.73 Å². The lowest BCUT2D eigenvalue weighted by Gasteiger charge is -2.12. The Kier molecular flexibility index (Phi) is 4.63. The van der Waals surface area contributed by atoms with Gasteiger partial charge in [-0.2, -0.15) is 0 Å². The van der Waals surface area contributed by atoms with Crippen molar-refractivity contribution in [1.82, 2.24) is 9.55 Å². The molecule has 1 aromatic heterocycles. The summed E-state index contributed by atoms with van der Waals surface area (Å²) in [6.45, 7) is 7.03. The number of imidazole rings is 1. The van der Waals surface area contributed by atoms with E-state index in [1.54, 1.807) is 19.9 Å². The SMILES string of the molecule is Cc1cc(O)c2nc(NCCN)n(Cc3cc(C)c(F)c(C)c3)c2c1. The molecule has 0 radical (unpaired) electrons. The minimum absolute atomic E-state index is 0.149. The van der Waals surface area contributed by atoms with Gasteiger partial charge in [0.1, 0.15) is 17.1 Å². The van der Waals surface area contributed by atoms with Crippen LogP contribution in [0.3, 0.4) is 0 Å². The number of aryl methyl sites for hydroxylation is 3. The summed E-state index contributed by atoms with van der Waals surface area (Å²) >= 11 is 0. The third-order valence-electron chi connectivity index (χ3n) is 4.24. The van der Waals surface area contributed by atoms with E-state index >= 15 is 0 Å². The van der Waals surface area contributed by atoms with Gasteiger partial charge >= 0.3 is 0 Å². The number of nitrogens with two attached hydrogens (primary N) is 1. The van der Waals surface area contributed by atoms with E-state index in [1.807, 2.05) is 29.7 Å². The van der Waals surface area contributed by atoms with Crippen molar-refractivity contribution in [2.75, 3.05) is 18.4 Å². The second kappa shape index (κ2) is 6.72. The maximum Gasteiger partial charge on any atom is 0.204 e. The Morgan fingerprint density at radius 1 is 1.16 bits per heavy atom. The van der Waals surface area contributed by atoms with Crippen LogP contribution in [0, 0.1) is 26.6 Å². The highest BCUT2D eigenvalue weighted by Gasteiger charge is 2.15. The summed E-state index contributed by atoms with van der Waals surface area (Å²) < 4.78 is 15.9. The Morgan fingerprint density at radius 2 is 1.84 bits per heavy atom. The zero-order chi connectivity index (χ0) is 18.1. The number of phenols is 1. The van der Waals surface area contributed by atoms with Crippen molar-refractivity contribution in [3.8, 4) is 5.75 Å². The Labute approximate surface area is 146 Å². The van der Waals surface area contributed by atoms with Gasteiger partial charge in [0.2, 0.25) is 5.95 Å². The van der Waals surface area contributed by atoms with E-state index in [9.17, 15) is 9.50 Å². The van der Waals surface area contributed by atoms with Crippen molar-refractivity contribution in [3.05, 3.63) is 52.3 Å². The van der Waals surface area contributed by atoms with Gasteiger partial charge in [-0.25, -0.2) is 9.37 Å². The van der Waals surface area contributed by atoms with Crippen LogP contribution in [-0.2, 0) is 6.54 Å². The molecule has 0 aliphatic rings. The monoisotopic (exact) mass is 342 g/mol. The van der Waals surface area contributed by atoms with E-state index in [-0.39, 0.29) is 11.6 Å². The van der Waals surface area contributed by atoms with Gasteiger partial charge in [-0.05, 0) is 55.2 Å². The Hall–Kier alpha value is -2.60. The molecule has 0 saturated heterocycles. The first-order valence-corrected chi connectivity index (χ1v) is 8.30. The largest absolute Gasteiger partial charge is 0.506 e. The second-order valence-electron chi connectivity index (χ2n) is 6.43. The van der Waals surface area contributed by atoms with Gasteiger partial charge in [-0.3, -0.25) is 0 Å². The van der Waals surface area contributed by atoms with E-state index in [1.165, 1.54) is 0 Å². The summed E-state index contributed by atoms with van der Waals surface area (Å²) in [6.07, 6.45) is 0. The quantitative estimate of drug-likeness (QED) is 0.665. The van der Waals surface area contributed by atoms with E-state index in [0.717, 1.165) is 16.6 Å². The summed E-state index contributed by atoms with van der Waals surface area (Å²) in [7, 11) is 0. The third-order valence-corrected chi connectivity index (χ3v) is 4.24. The standard InChI is InChI=1S/C19H23FN4O/c1-11-6-15-18(16(25)7-11)23-19(22-5-4-21)24(15)10-14-8-12(2)17(20)13(3)9-14/h6-9,25H,4-5,10,21H2,1-3H3,(H,22,23). The molecule has 4 N–H and O–H groups in total. The average molecular weight is 342 g/mol. The van der Waals surface area contributed by atoms with Crippen LogP contribution in [0.15, 0.2) is 24.3 Å². The van der Waals surface area contributed by atoms with Crippen LogP contribution in [0.25, 0.3) is 11.0 Å². The number of aromatic nitrogens is 2. The normalized spacial score (nSPS) is 11.2. The van der Waals surface area contributed by atoms with Gasteiger partial charge < -0.3 is 20.7 Å². The highest BCUT2D eigenvalue weighted by Crippen LogP contribution is 2.30. The van der Waals surface area contributed by atoms with Crippen LogP contribution in [0.2, 0.25) is 0 Å². The molecule has 0 aliphatic heterocycles. The van der Waals surface area contributed by atoms with Crippen LogP contribution in [0.1, 0.15) is 22.3 Å². The molecule has 3 aromatic rings. The molecule has 2 aromatic carbocycles. The molecule has 0 saturated carbocycles. The number of phenolic OH excluding ortho intramolecular Hbond substituents is 1. The van der Waals surface area contributed by atoms with Crippen molar-refractivity contribution in [2.45, 2.75) is 27.3 Å². The summed E-state index contributed by atoms with van der Waals surface area (Å²) in [5, 5.41) is 13.4. The fourth-order valence-electron chi connectivity index (χ4n) is 3.13. The molecule has 5 nitrogen and oxygen atoms in total. The summed E-state index contributed by atoms with van der Waals surface area (Å²) in [6, 6.07) is 7.37. The maximum atomic E-state index is 13.9. The van der Waals surface area contributed by atoms with Crippen LogP contribution < -0.4 is 11.1 Å². The minimum atomic E-state index is -0.172. The first-order valence-electron chi connectivity index (χ1n) is 8.30. The van der Waals surface area contributed by atoms with Gasteiger partial charge in [0.05, 0.1) is 12.1 Å². The zero-order valence-corrected chi connectivity index (χ0v) is 14.7. The highest BCUT2D eigenvalue weighted by atomic mass is 19.1. The lowest BCUT2D eigenvalue weighted by atomic mass is 10.1. The number of nitrogens with one attached hydrogen (secondary N) is 1. The number of hydrogen-bond donors (Lipinski definition) is 3. The van der Waals surface area contributed by atoms with Gasteiger partial charge in [-0.1, -0.05) is 12.1 Å². The fraction of sp³-hybridized carbons (Fsp3) is 0.316. The van der Waals surface area contributed by atoms with Gasteiger partial charge in [0.25, 0.3) is 0 Å². The van der Waals surface area contributed by atoms with Gasteiger partial charge in [0, 0.05) is 13.1 Å². The van der Waals surface area contributed by atoms with Crippen LogP contribution in [-0.4, -0.2) is 27.7 Å². The molecular formula is C19H23FN4O. The van der Waals surface area contributed by atoms with Crippen LogP contribution >= 0.6 is 0 Å². The van der Waals surface area contributed by atoms with Gasteiger partial charge in [-0.15, -0.1) is 0 Å². The van der Waals surface area contributed by atoms with Crippen molar-refractivity contribution in [1.29, 1.82) is 0 Å². The van der Waals surface area contributed by atoms with Crippen LogP contribution in [0.4, 0.5) is 10.3 Å². The Bertz CT molecular complexity index is 910. The second-order valence-corrected chi connectivity index (χ2v) is 6.43. The first-order chi connectivity index (χ1) is 11.9. The molecule has 0 atom stereocenters. The molecule has 132 valence electrons. The molecule has 0 amide bonds. The smallest absolute Gasteiger partial charge is 0.204 e. The minimum Gasteiger partial charge on any atom is -0.506 e. The van der Waals surface area contributed by atoms with E-state index in [4.69, 9.17) is 5.73 Å². The molecule has 3 rings (SSSR count). The number of fused-ring (bicyclic) bond motifs is 1. The number of halogens is 1. The Balaban J connectivity index is 2.12. The number of rotatable bonds is 5. The lowest BCUT2D eigenvalue weighted by Crippen LogP contribution is -2.16. The molecule has 25 heavy (non-hydrogen) atoms. The molecule has 0 aliphatic carbocycles. The van der Waals surface area contributed by atoms with E-state index in [2.05, 4.69) is 10.3 Å². The Morgan fingerprint density at radius 3 is 2.48 bits per heavy atom. The first kappa shape index (κ1) is 17.2. The number of benzene rings is 2. The average Bonchev–Trinajstić information content (AvgIpc) is 2.89.